The quantitative estimate of drug-likeness (QED) is 0.676. The molecule has 3 rings (SSSR count). The molecule has 1 heterocycles. The van der Waals surface area contributed by atoms with Crippen LogP contribution in [-0.2, 0) is 6.54 Å². The number of ether oxygens (including phenoxy) is 1. The molecule has 0 spiro atoms. The number of aromatic nitrogens is 1. The molecule has 0 radical (unpaired) electrons. The molecule has 0 saturated heterocycles. The summed E-state index contributed by atoms with van der Waals surface area (Å²) in [6, 6.07) is 11.2. The lowest BCUT2D eigenvalue weighted by atomic mass is 10.1. The first kappa shape index (κ1) is 17.0. The summed E-state index contributed by atoms with van der Waals surface area (Å²) in [6.45, 7) is 4.47. The second kappa shape index (κ2) is 6.96. The fraction of sp³-hybridized carbons (Fsp3) is 0.200. The second-order valence-electron chi connectivity index (χ2n) is 5.75. The average molecular weight is 350 g/mol. The van der Waals surface area contributed by atoms with Gasteiger partial charge in [0, 0.05) is 5.56 Å². The lowest BCUT2D eigenvalue weighted by Gasteiger charge is -2.03. The van der Waals surface area contributed by atoms with Crippen molar-refractivity contribution in [1.29, 1.82) is 0 Å². The van der Waals surface area contributed by atoms with Crippen LogP contribution in [0.15, 0.2) is 41.4 Å². The highest BCUT2D eigenvalue weighted by molar-refractivity contribution is 7.16. The van der Waals surface area contributed by atoms with Gasteiger partial charge in [-0.2, -0.15) is 4.99 Å². The van der Waals surface area contributed by atoms with Crippen LogP contribution < -0.4 is 9.54 Å². The van der Waals surface area contributed by atoms with Crippen LogP contribution in [0.25, 0.3) is 10.2 Å². The first-order valence-electron chi connectivity index (χ1n) is 7.80. The zero-order chi connectivity index (χ0) is 18.0. The van der Waals surface area contributed by atoms with E-state index < -0.39 is 0 Å². The Morgan fingerprint density at radius 3 is 2.84 bits per heavy atom. The summed E-state index contributed by atoms with van der Waals surface area (Å²) in [6.07, 6.45) is 5.53. The molecule has 2 aromatic carbocycles. The van der Waals surface area contributed by atoms with Crippen LogP contribution in [0, 0.1) is 26.2 Å². The van der Waals surface area contributed by atoms with Crippen molar-refractivity contribution in [2.75, 3.05) is 7.11 Å². The van der Waals surface area contributed by atoms with Crippen LogP contribution in [0.5, 0.6) is 5.75 Å². The molecule has 0 N–H and O–H groups in total. The van der Waals surface area contributed by atoms with Gasteiger partial charge in [0.25, 0.3) is 5.91 Å². The van der Waals surface area contributed by atoms with Crippen molar-refractivity contribution < 1.29 is 9.53 Å². The van der Waals surface area contributed by atoms with Crippen molar-refractivity contribution >= 4 is 27.5 Å². The number of benzene rings is 2. The van der Waals surface area contributed by atoms with E-state index in [9.17, 15) is 4.79 Å². The Kier molecular flexibility index (Phi) is 4.73. The van der Waals surface area contributed by atoms with Gasteiger partial charge in [-0.05, 0) is 49.2 Å². The number of carbonyl (C=O) groups is 1. The molecular weight excluding hydrogens is 332 g/mol. The van der Waals surface area contributed by atoms with Gasteiger partial charge in [-0.15, -0.1) is 6.42 Å². The van der Waals surface area contributed by atoms with Gasteiger partial charge < -0.3 is 9.30 Å². The number of carbonyl (C=O) groups excluding carboxylic acids is 1. The molecule has 5 heteroatoms. The number of terminal acetylenes is 1. The molecule has 1 aromatic heterocycles. The number of amides is 1. The van der Waals surface area contributed by atoms with Gasteiger partial charge in [-0.1, -0.05) is 29.4 Å². The molecule has 0 fully saturated rings. The minimum Gasteiger partial charge on any atom is -0.497 e. The van der Waals surface area contributed by atoms with E-state index in [0.29, 0.717) is 22.7 Å². The van der Waals surface area contributed by atoms with E-state index in [1.165, 1.54) is 11.3 Å². The van der Waals surface area contributed by atoms with Gasteiger partial charge in [-0.25, -0.2) is 0 Å². The molecular formula is C20H18N2O2S. The fourth-order valence-corrected chi connectivity index (χ4v) is 3.83. The van der Waals surface area contributed by atoms with E-state index in [1.54, 1.807) is 31.4 Å². The number of nitrogens with zero attached hydrogens (tertiary/aromatic N) is 2. The first-order chi connectivity index (χ1) is 12.0. The molecule has 4 nitrogen and oxygen atoms in total. The van der Waals surface area contributed by atoms with E-state index >= 15 is 0 Å². The Bertz CT molecular complexity index is 1070. The smallest absolute Gasteiger partial charge is 0.279 e. The molecule has 3 aromatic rings. The third-order valence-electron chi connectivity index (χ3n) is 3.88. The largest absolute Gasteiger partial charge is 0.497 e. The predicted octanol–water partition coefficient (Wildman–Crippen LogP) is 3.70. The van der Waals surface area contributed by atoms with E-state index in [4.69, 9.17) is 11.2 Å². The summed E-state index contributed by atoms with van der Waals surface area (Å²) in [5, 5.41) is 0. The zero-order valence-electron chi connectivity index (χ0n) is 14.4. The molecule has 25 heavy (non-hydrogen) atoms. The van der Waals surface area contributed by atoms with E-state index in [-0.39, 0.29) is 5.91 Å². The van der Waals surface area contributed by atoms with Crippen molar-refractivity contribution in [1.82, 2.24) is 4.57 Å². The van der Waals surface area contributed by atoms with E-state index in [1.807, 2.05) is 11.5 Å². The summed E-state index contributed by atoms with van der Waals surface area (Å²) in [7, 11) is 1.57. The number of hydrogen-bond donors (Lipinski definition) is 0. The van der Waals surface area contributed by atoms with E-state index in [2.05, 4.69) is 30.0 Å². The molecule has 0 bridgehead atoms. The van der Waals surface area contributed by atoms with Crippen LogP contribution in [0.1, 0.15) is 21.5 Å². The number of methoxy groups -OCH3 is 1. The molecule has 0 aliphatic rings. The summed E-state index contributed by atoms with van der Waals surface area (Å²) in [5.74, 6) is 2.96. The lowest BCUT2D eigenvalue weighted by Crippen LogP contribution is -2.16. The predicted molar refractivity (Wildman–Crippen MR) is 101 cm³/mol. The van der Waals surface area contributed by atoms with E-state index in [0.717, 1.165) is 21.3 Å². The Hall–Kier alpha value is -2.84. The zero-order valence-corrected chi connectivity index (χ0v) is 15.2. The van der Waals surface area contributed by atoms with Crippen LogP contribution in [0.4, 0.5) is 0 Å². The second-order valence-corrected chi connectivity index (χ2v) is 6.73. The van der Waals surface area contributed by atoms with Gasteiger partial charge in [0.05, 0.1) is 23.9 Å². The molecule has 0 aliphatic carbocycles. The molecule has 0 saturated carbocycles. The number of aryl methyl sites for hydroxylation is 2. The summed E-state index contributed by atoms with van der Waals surface area (Å²) >= 11 is 1.48. The maximum absolute atomic E-state index is 12.6. The van der Waals surface area contributed by atoms with Crippen LogP contribution in [0.2, 0.25) is 0 Å². The lowest BCUT2D eigenvalue weighted by molar-refractivity contribution is 0.0997. The van der Waals surface area contributed by atoms with Gasteiger partial charge in [0.1, 0.15) is 5.75 Å². The summed E-state index contributed by atoms with van der Waals surface area (Å²) in [5.41, 5.74) is 3.80. The Balaban J connectivity index is 2.18. The van der Waals surface area contributed by atoms with Crippen molar-refractivity contribution in [2.45, 2.75) is 20.4 Å². The molecule has 0 aliphatic heterocycles. The molecule has 126 valence electrons. The standard InChI is InChI=1S/C20H18N2O2S/c1-5-9-22-17-11-13(2)10-14(3)18(17)25-20(22)21-19(23)15-7-6-8-16(12-15)24-4/h1,6-8,10-12H,9H2,2-4H3. The van der Waals surface area contributed by atoms with Crippen LogP contribution >= 0.6 is 11.3 Å². The van der Waals surface area contributed by atoms with Crippen molar-refractivity contribution in [3.8, 4) is 18.1 Å². The third kappa shape index (κ3) is 3.35. The Labute approximate surface area is 150 Å². The Morgan fingerprint density at radius 1 is 1.32 bits per heavy atom. The average Bonchev–Trinajstić information content (AvgIpc) is 2.93. The monoisotopic (exact) mass is 350 g/mol. The SMILES string of the molecule is C#CCn1c(=NC(=O)c2cccc(OC)c2)sc2c(C)cc(C)cc21. The fourth-order valence-electron chi connectivity index (χ4n) is 2.75. The third-order valence-corrected chi connectivity index (χ3v) is 5.11. The maximum Gasteiger partial charge on any atom is 0.279 e. The summed E-state index contributed by atoms with van der Waals surface area (Å²) in [4.78, 5) is 17.5. The maximum atomic E-state index is 12.6. The van der Waals surface area contributed by atoms with Crippen molar-refractivity contribution in [3.63, 3.8) is 0 Å². The topological polar surface area (TPSA) is 43.6 Å². The number of rotatable bonds is 3. The van der Waals surface area contributed by atoms with Crippen LogP contribution in [0.3, 0.4) is 0 Å². The highest BCUT2D eigenvalue weighted by Crippen LogP contribution is 2.23. The van der Waals surface area contributed by atoms with Gasteiger partial charge in [0.15, 0.2) is 4.80 Å². The summed E-state index contributed by atoms with van der Waals surface area (Å²) < 4.78 is 8.18. The van der Waals surface area contributed by atoms with Crippen LogP contribution in [-0.4, -0.2) is 17.6 Å². The molecule has 0 unspecified atom stereocenters. The number of hydrogen-bond acceptors (Lipinski definition) is 3. The number of fused-ring (bicyclic) bond motifs is 1. The molecule has 1 amide bonds. The highest BCUT2D eigenvalue weighted by atomic mass is 32.1. The van der Waals surface area contributed by atoms with Gasteiger partial charge >= 0.3 is 0 Å². The van der Waals surface area contributed by atoms with Gasteiger partial charge in [0.2, 0.25) is 0 Å². The normalized spacial score (nSPS) is 11.5. The molecule has 0 atom stereocenters. The minimum absolute atomic E-state index is 0.314. The highest BCUT2D eigenvalue weighted by Gasteiger charge is 2.11. The van der Waals surface area contributed by atoms with Crippen molar-refractivity contribution in [2.24, 2.45) is 4.99 Å². The van der Waals surface area contributed by atoms with Gasteiger partial charge in [-0.3, -0.25) is 4.79 Å². The first-order valence-corrected chi connectivity index (χ1v) is 8.62. The minimum atomic E-state index is -0.314. The van der Waals surface area contributed by atoms with Crippen molar-refractivity contribution in [3.05, 3.63) is 57.9 Å². The Morgan fingerprint density at radius 2 is 2.12 bits per heavy atom. The number of thiazole rings is 1.